The van der Waals surface area contributed by atoms with Gasteiger partial charge in [-0.3, -0.25) is 0 Å². The SMILES string of the molecule is Cc1c(C)c2c(c(C)c1OC(=O)C(C)OC(=O)C(C)OC(=O)c1cc(I)cc(I)c1I)CCC(C)(CCCC(C)CCCC(C)CCCC(C)C)O2. The van der Waals surface area contributed by atoms with E-state index in [1.165, 1.54) is 58.8 Å². The van der Waals surface area contributed by atoms with Gasteiger partial charge in [-0.25, -0.2) is 14.4 Å². The Hall–Kier alpha value is -1.16. The Morgan fingerprint density at radius 1 is 0.769 bits per heavy atom. The fourth-order valence-electron chi connectivity index (χ4n) is 6.89. The maximum Gasteiger partial charge on any atom is 0.352 e. The highest BCUT2D eigenvalue weighted by Crippen LogP contribution is 2.45. The fraction of sp³-hybridized carbons (Fsp3) is 0.643. The Morgan fingerprint density at radius 2 is 1.35 bits per heavy atom. The second-order valence-electron chi connectivity index (χ2n) is 15.7. The summed E-state index contributed by atoms with van der Waals surface area (Å²) in [6, 6.07) is 3.66. The maximum atomic E-state index is 13.2. The van der Waals surface area contributed by atoms with Gasteiger partial charge in [0.2, 0.25) is 0 Å². The van der Waals surface area contributed by atoms with Crippen LogP contribution in [0.1, 0.15) is 145 Å². The summed E-state index contributed by atoms with van der Waals surface area (Å²) in [5, 5.41) is 0. The molecule has 3 rings (SSSR count). The van der Waals surface area contributed by atoms with E-state index in [-0.39, 0.29) is 5.60 Å². The van der Waals surface area contributed by atoms with Gasteiger partial charge in [0.05, 0.1) is 5.56 Å². The summed E-state index contributed by atoms with van der Waals surface area (Å²) in [6.07, 6.45) is 10.7. The molecular formula is C42H59I3O7. The second kappa shape index (κ2) is 20.7. The Labute approximate surface area is 353 Å². The number of ether oxygens (including phenoxy) is 4. The summed E-state index contributed by atoms with van der Waals surface area (Å²) < 4.78 is 26.0. The van der Waals surface area contributed by atoms with Gasteiger partial charge >= 0.3 is 17.9 Å². The zero-order chi connectivity index (χ0) is 38.9. The van der Waals surface area contributed by atoms with E-state index < -0.39 is 30.1 Å². The number of carbonyl (C=O) groups is 3. The molecule has 290 valence electrons. The van der Waals surface area contributed by atoms with Crippen LogP contribution in [0, 0.1) is 49.2 Å². The van der Waals surface area contributed by atoms with Gasteiger partial charge in [-0.05, 0) is 182 Å². The number of halogens is 3. The highest BCUT2D eigenvalue weighted by Gasteiger charge is 2.35. The third kappa shape index (κ3) is 13.0. The first-order valence-corrected chi connectivity index (χ1v) is 22.2. The van der Waals surface area contributed by atoms with Gasteiger partial charge in [-0.1, -0.05) is 72.6 Å². The molecule has 0 saturated heterocycles. The largest absolute Gasteiger partial charge is 0.487 e. The molecule has 1 aliphatic rings. The molecule has 0 bridgehead atoms. The molecule has 1 heterocycles. The lowest BCUT2D eigenvalue weighted by atomic mass is 9.83. The van der Waals surface area contributed by atoms with E-state index >= 15 is 0 Å². The van der Waals surface area contributed by atoms with Crippen LogP contribution in [-0.2, 0) is 25.5 Å². The highest BCUT2D eigenvalue weighted by atomic mass is 127. The molecule has 0 fully saturated rings. The van der Waals surface area contributed by atoms with Crippen molar-refractivity contribution in [3.05, 3.63) is 50.7 Å². The minimum atomic E-state index is -1.21. The molecule has 0 aromatic heterocycles. The molecule has 2 aromatic rings. The minimum absolute atomic E-state index is 0.238. The van der Waals surface area contributed by atoms with Crippen molar-refractivity contribution in [2.45, 2.75) is 158 Å². The first kappa shape index (κ1) is 45.2. The molecular weight excluding hydrogens is 997 g/mol. The number of hydrogen-bond acceptors (Lipinski definition) is 7. The first-order chi connectivity index (χ1) is 24.3. The maximum absolute atomic E-state index is 13.2. The quantitative estimate of drug-likeness (QED) is 0.0636. The molecule has 0 aliphatic carbocycles. The number of rotatable bonds is 18. The molecule has 5 atom stereocenters. The average molecular weight is 1060 g/mol. The van der Waals surface area contributed by atoms with E-state index in [0.29, 0.717) is 11.3 Å². The van der Waals surface area contributed by atoms with Crippen LogP contribution in [0.25, 0.3) is 0 Å². The van der Waals surface area contributed by atoms with Crippen LogP contribution in [0.2, 0.25) is 0 Å². The normalized spacial score (nSPS) is 17.8. The molecule has 2 aromatic carbocycles. The molecule has 7 nitrogen and oxygen atoms in total. The number of carbonyl (C=O) groups excluding carboxylic acids is 3. The van der Waals surface area contributed by atoms with Gasteiger partial charge in [-0.2, -0.15) is 0 Å². The van der Waals surface area contributed by atoms with Gasteiger partial charge in [0.15, 0.2) is 12.2 Å². The van der Waals surface area contributed by atoms with E-state index in [9.17, 15) is 14.4 Å². The van der Waals surface area contributed by atoms with Crippen LogP contribution in [0.3, 0.4) is 0 Å². The second-order valence-corrected chi connectivity index (χ2v) is 19.2. The number of benzene rings is 2. The van der Waals surface area contributed by atoms with Crippen molar-refractivity contribution >= 4 is 85.7 Å². The zero-order valence-corrected chi connectivity index (χ0v) is 39.3. The van der Waals surface area contributed by atoms with Crippen LogP contribution < -0.4 is 9.47 Å². The van der Waals surface area contributed by atoms with Gasteiger partial charge in [0, 0.05) is 16.3 Å². The van der Waals surface area contributed by atoms with Gasteiger partial charge < -0.3 is 18.9 Å². The standard InChI is InChI=1S/C42H59I3O7/c1-24(2)14-11-15-25(3)16-12-17-26(4)18-13-20-42(10)21-19-33-29(7)37(27(5)28(6)38(33)52-42)51-40(47)31(9)49-39(46)30(8)50-41(48)34-22-32(43)23-35(44)36(34)45/h22-26,30-31H,11-21H2,1-10H3. The average Bonchev–Trinajstić information content (AvgIpc) is 3.06. The van der Waals surface area contributed by atoms with Crippen molar-refractivity contribution in [2.24, 2.45) is 17.8 Å². The van der Waals surface area contributed by atoms with E-state index in [2.05, 4.69) is 102 Å². The molecule has 0 spiro atoms. The lowest BCUT2D eigenvalue weighted by Gasteiger charge is -2.38. The Kier molecular flexibility index (Phi) is 18.0. The summed E-state index contributed by atoms with van der Waals surface area (Å²) in [5.74, 6) is 1.57. The Balaban J connectivity index is 1.53. The predicted molar refractivity (Wildman–Crippen MR) is 233 cm³/mol. The summed E-state index contributed by atoms with van der Waals surface area (Å²) >= 11 is 6.36. The van der Waals surface area contributed by atoms with Crippen molar-refractivity contribution in [2.75, 3.05) is 0 Å². The van der Waals surface area contributed by atoms with Gasteiger partial charge in [0.1, 0.15) is 17.1 Å². The molecule has 5 unspecified atom stereocenters. The van der Waals surface area contributed by atoms with Crippen LogP contribution in [0.5, 0.6) is 11.5 Å². The number of fused-ring (bicyclic) bond motifs is 1. The molecule has 10 heteroatoms. The third-order valence-corrected chi connectivity index (χ3v) is 14.2. The molecule has 0 N–H and O–H groups in total. The highest BCUT2D eigenvalue weighted by molar-refractivity contribution is 14.1. The lowest BCUT2D eigenvalue weighted by Crippen LogP contribution is -2.37. The van der Waals surface area contributed by atoms with Gasteiger partial charge in [0.25, 0.3) is 0 Å². The lowest BCUT2D eigenvalue weighted by molar-refractivity contribution is -0.167. The van der Waals surface area contributed by atoms with Crippen molar-refractivity contribution in [1.29, 1.82) is 0 Å². The monoisotopic (exact) mass is 1060 g/mol. The van der Waals surface area contributed by atoms with E-state index in [1.807, 2.05) is 26.8 Å². The van der Waals surface area contributed by atoms with E-state index in [1.54, 1.807) is 6.07 Å². The smallest absolute Gasteiger partial charge is 0.352 e. The molecule has 0 radical (unpaired) electrons. The molecule has 0 amide bonds. The Morgan fingerprint density at radius 3 is 1.96 bits per heavy atom. The van der Waals surface area contributed by atoms with Crippen molar-refractivity contribution in [1.82, 2.24) is 0 Å². The predicted octanol–water partition coefficient (Wildman–Crippen LogP) is 12.0. The third-order valence-electron chi connectivity index (χ3n) is 10.5. The summed E-state index contributed by atoms with van der Waals surface area (Å²) in [7, 11) is 0. The summed E-state index contributed by atoms with van der Waals surface area (Å²) in [5.41, 5.74) is 3.83. The summed E-state index contributed by atoms with van der Waals surface area (Å²) in [4.78, 5) is 38.9. The molecule has 1 aliphatic heterocycles. The zero-order valence-electron chi connectivity index (χ0n) is 32.8. The van der Waals surface area contributed by atoms with Crippen molar-refractivity contribution in [3.63, 3.8) is 0 Å². The van der Waals surface area contributed by atoms with Gasteiger partial charge in [-0.15, -0.1) is 0 Å². The van der Waals surface area contributed by atoms with Crippen molar-refractivity contribution < 1.29 is 33.3 Å². The molecule has 0 saturated carbocycles. The van der Waals surface area contributed by atoms with E-state index in [0.717, 1.165) is 82.2 Å². The topological polar surface area (TPSA) is 88.1 Å². The first-order valence-electron chi connectivity index (χ1n) is 18.9. The van der Waals surface area contributed by atoms with Crippen LogP contribution >= 0.6 is 67.8 Å². The van der Waals surface area contributed by atoms with Crippen LogP contribution in [-0.4, -0.2) is 35.7 Å². The van der Waals surface area contributed by atoms with Crippen LogP contribution in [0.15, 0.2) is 12.1 Å². The molecule has 52 heavy (non-hydrogen) atoms. The fourth-order valence-corrected chi connectivity index (χ4v) is 9.27. The minimum Gasteiger partial charge on any atom is -0.487 e. The van der Waals surface area contributed by atoms with Crippen LogP contribution in [0.4, 0.5) is 0 Å². The number of esters is 3. The number of hydrogen-bond donors (Lipinski definition) is 0. The van der Waals surface area contributed by atoms with E-state index in [4.69, 9.17) is 18.9 Å². The van der Waals surface area contributed by atoms with Crippen molar-refractivity contribution in [3.8, 4) is 11.5 Å². The Bertz CT molecular complexity index is 1570. The summed E-state index contributed by atoms with van der Waals surface area (Å²) in [6.45, 7) is 20.5.